The smallest absolute Gasteiger partial charge is 0.325 e. The summed E-state index contributed by atoms with van der Waals surface area (Å²) in [5.74, 6) is -3.39. The summed E-state index contributed by atoms with van der Waals surface area (Å²) in [7, 11) is 0. The van der Waals surface area contributed by atoms with E-state index in [0.717, 1.165) is 0 Å². The minimum absolute atomic E-state index is 0.0509. The molecule has 0 radical (unpaired) electrons. The summed E-state index contributed by atoms with van der Waals surface area (Å²) in [6.07, 6.45) is 0.756. The van der Waals surface area contributed by atoms with Gasteiger partial charge in [-0.25, -0.2) is 0 Å². The molecule has 3 amide bonds. The molecule has 166 valence electrons. The van der Waals surface area contributed by atoms with E-state index in [-0.39, 0.29) is 23.9 Å². The maximum atomic E-state index is 12.4. The summed E-state index contributed by atoms with van der Waals surface area (Å²) in [5.41, 5.74) is 16.2. The summed E-state index contributed by atoms with van der Waals surface area (Å²) < 4.78 is 0. The molecule has 0 aromatic rings. The maximum absolute atomic E-state index is 12.4. The second kappa shape index (κ2) is 13.9. The zero-order valence-corrected chi connectivity index (χ0v) is 17.8. The largest absolute Gasteiger partial charge is 0.480 e. The van der Waals surface area contributed by atoms with Crippen LogP contribution in [0.4, 0.5) is 0 Å². The van der Waals surface area contributed by atoms with Gasteiger partial charge in [-0.05, 0) is 19.8 Å². The fraction of sp³-hybridized carbons (Fsp3) is 0.667. The van der Waals surface area contributed by atoms with E-state index in [1.807, 2.05) is 0 Å². The van der Waals surface area contributed by atoms with Crippen LogP contribution in [0.25, 0.3) is 0 Å². The predicted octanol–water partition coefficient (Wildman–Crippen LogP) is -3.21. The van der Waals surface area contributed by atoms with Crippen molar-refractivity contribution in [1.82, 2.24) is 16.0 Å². The van der Waals surface area contributed by atoms with E-state index < -0.39 is 47.9 Å². The molecule has 0 aromatic heterocycles. The van der Waals surface area contributed by atoms with Crippen LogP contribution in [0.1, 0.15) is 19.8 Å². The van der Waals surface area contributed by atoms with Crippen LogP contribution in [0.3, 0.4) is 0 Å². The van der Waals surface area contributed by atoms with Crippen molar-refractivity contribution in [3.05, 3.63) is 0 Å². The molecule has 10 N–H and O–H groups in total. The summed E-state index contributed by atoms with van der Waals surface area (Å²) in [4.78, 5) is 51.2. The minimum atomic E-state index is -1.23. The van der Waals surface area contributed by atoms with Gasteiger partial charge < -0.3 is 38.3 Å². The second-order valence-electron chi connectivity index (χ2n) is 6.11. The van der Waals surface area contributed by atoms with Crippen molar-refractivity contribution in [2.45, 2.75) is 43.9 Å². The molecule has 0 fully saturated rings. The summed E-state index contributed by atoms with van der Waals surface area (Å²) >= 11 is 8.02. The van der Waals surface area contributed by atoms with E-state index in [1.165, 1.54) is 6.92 Å². The Labute approximate surface area is 179 Å². The Kier molecular flexibility index (Phi) is 12.8. The van der Waals surface area contributed by atoms with E-state index in [0.29, 0.717) is 13.0 Å². The van der Waals surface area contributed by atoms with Crippen molar-refractivity contribution in [3.63, 3.8) is 0 Å². The monoisotopic (exact) mass is 451 g/mol. The first kappa shape index (κ1) is 26.8. The minimum Gasteiger partial charge on any atom is -0.480 e. The molecule has 0 rings (SSSR count). The number of nitrogens with one attached hydrogen (secondary N) is 3. The Hall–Kier alpha value is -2.19. The highest BCUT2D eigenvalue weighted by Gasteiger charge is 2.28. The van der Waals surface area contributed by atoms with Gasteiger partial charge in [-0.1, -0.05) is 0 Å². The number of guanidine groups is 1. The molecule has 0 heterocycles. The number of rotatable bonds is 13. The average molecular weight is 452 g/mol. The molecule has 0 aliphatic rings. The normalized spacial score (nSPS) is 14.6. The van der Waals surface area contributed by atoms with E-state index in [2.05, 4.69) is 46.2 Å². The van der Waals surface area contributed by atoms with Crippen LogP contribution >= 0.6 is 25.3 Å². The van der Waals surface area contributed by atoms with Gasteiger partial charge >= 0.3 is 5.97 Å². The lowest BCUT2D eigenvalue weighted by atomic mass is 10.1. The summed E-state index contributed by atoms with van der Waals surface area (Å²) in [6, 6.07) is -4.18. The van der Waals surface area contributed by atoms with Gasteiger partial charge in [0.15, 0.2) is 5.96 Å². The molecular formula is C15H29N7O5S2. The van der Waals surface area contributed by atoms with Gasteiger partial charge in [0.05, 0.1) is 6.04 Å². The first-order valence-electron chi connectivity index (χ1n) is 8.70. The number of carbonyl (C=O) groups excluding carboxylic acids is 3. The molecular weight excluding hydrogens is 422 g/mol. The average Bonchev–Trinajstić information content (AvgIpc) is 2.66. The molecule has 14 heteroatoms. The Morgan fingerprint density at radius 1 is 0.966 bits per heavy atom. The number of carbonyl (C=O) groups is 4. The van der Waals surface area contributed by atoms with Crippen LogP contribution < -0.4 is 33.2 Å². The molecule has 0 aliphatic heterocycles. The number of hydrogen-bond acceptors (Lipinski definition) is 8. The van der Waals surface area contributed by atoms with Crippen molar-refractivity contribution >= 4 is 54.9 Å². The Morgan fingerprint density at radius 3 is 1.90 bits per heavy atom. The maximum Gasteiger partial charge on any atom is 0.325 e. The highest BCUT2D eigenvalue weighted by atomic mass is 32.1. The molecule has 29 heavy (non-hydrogen) atoms. The standard InChI is InChI=1S/C15H29N7O5S2/c1-7(14(26)27)20-12(24)9(5-28)22-13(25)10(6-29)21-11(23)8(16)3-2-4-19-15(17)18/h7-10,28-29H,2-6,16H2,1H3,(H,20,24)(H,21,23)(H,22,25)(H,26,27)(H4,17,18,19). The molecule has 0 spiro atoms. The Balaban J connectivity index is 4.72. The molecule has 4 atom stereocenters. The molecule has 12 nitrogen and oxygen atoms in total. The zero-order chi connectivity index (χ0) is 22.6. The zero-order valence-electron chi connectivity index (χ0n) is 16.0. The second-order valence-corrected chi connectivity index (χ2v) is 6.84. The Morgan fingerprint density at radius 2 is 1.45 bits per heavy atom. The third-order valence-electron chi connectivity index (χ3n) is 3.66. The van der Waals surface area contributed by atoms with Crippen molar-refractivity contribution in [1.29, 1.82) is 0 Å². The quantitative estimate of drug-likeness (QED) is 0.0599. The first-order valence-corrected chi connectivity index (χ1v) is 9.96. The van der Waals surface area contributed by atoms with E-state index in [9.17, 15) is 19.2 Å². The number of aliphatic imine (C=N–C) groups is 1. The van der Waals surface area contributed by atoms with Crippen molar-refractivity contribution in [2.24, 2.45) is 22.2 Å². The van der Waals surface area contributed by atoms with Crippen molar-refractivity contribution in [2.75, 3.05) is 18.1 Å². The number of carboxylic acid groups (broad SMARTS) is 1. The van der Waals surface area contributed by atoms with Crippen LogP contribution in [0.2, 0.25) is 0 Å². The highest BCUT2D eigenvalue weighted by molar-refractivity contribution is 7.80. The van der Waals surface area contributed by atoms with Gasteiger partial charge in [-0.2, -0.15) is 25.3 Å². The number of nitrogens with two attached hydrogens (primary N) is 3. The van der Waals surface area contributed by atoms with Gasteiger partial charge in [0.1, 0.15) is 18.1 Å². The predicted molar refractivity (Wildman–Crippen MR) is 115 cm³/mol. The SMILES string of the molecule is CC(NC(=O)C(CS)NC(=O)C(CS)NC(=O)C(N)CCCN=C(N)N)C(=O)O. The van der Waals surface area contributed by atoms with Crippen LogP contribution in [0, 0.1) is 0 Å². The lowest BCUT2D eigenvalue weighted by Gasteiger charge is -2.23. The lowest BCUT2D eigenvalue weighted by Crippen LogP contribution is -2.58. The van der Waals surface area contributed by atoms with Crippen molar-refractivity contribution < 1.29 is 24.3 Å². The van der Waals surface area contributed by atoms with Crippen LogP contribution in [-0.2, 0) is 19.2 Å². The molecule has 0 aliphatic carbocycles. The number of thiol groups is 2. The van der Waals surface area contributed by atoms with Crippen LogP contribution in [-0.4, -0.2) is 77.0 Å². The number of amides is 3. The third kappa shape index (κ3) is 10.8. The lowest BCUT2D eigenvalue weighted by molar-refractivity contribution is -0.141. The summed E-state index contributed by atoms with van der Waals surface area (Å²) in [5, 5.41) is 15.9. The van der Waals surface area contributed by atoms with Gasteiger partial charge in [0.2, 0.25) is 17.7 Å². The van der Waals surface area contributed by atoms with Gasteiger partial charge in [-0.15, -0.1) is 0 Å². The van der Waals surface area contributed by atoms with Gasteiger partial charge in [0.25, 0.3) is 0 Å². The number of aliphatic carboxylic acids is 1. The van der Waals surface area contributed by atoms with Gasteiger partial charge in [0, 0.05) is 18.1 Å². The first-order chi connectivity index (χ1) is 13.5. The Bertz CT molecular complexity index is 616. The summed E-state index contributed by atoms with van der Waals surface area (Å²) in [6.45, 7) is 1.59. The third-order valence-corrected chi connectivity index (χ3v) is 4.39. The van der Waals surface area contributed by atoms with E-state index >= 15 is 0 Å². The number of hydrogen-bond donors (Lipinski definition) is 9. The van der Waals surface area contributed by atoms with E-state index in [1.54, 1.807) is 0 Å². The van der Waals surface area contributed by atoms with Crippen molar-refractivity contribution in [3.8, 4) is 0 Å². The number of nitrogens with zero attached hydrogens (tertiary/aromatic N) is 1. The van der Waals surface area contributed by atoms with Crippen LogP contribution in [0.5, 0.6) is 0 Å². The molecule has 0 saturated heterocycles. The van der Waals surface area contributed by atoms with Crippen LogP contribution in [0.15, 0.2) is 4.99 Å². The molecule has 0 saturated carbocycles. The van der Waals surface area contributed by atoms with E-state index in [4.69, 9.17) is 22.3 Å². The fourth-order valence-corrected chi connectivity index (χ4v) is 2.48. The molecule has 0 bridgehead atoms. The topological polar surface area (TPSA) is 215 Å². The highest BCUT2D eigenvalue weighted by Crippen LogP contribution is 1.99. The molecule has 0 aromatic carbocycles. The number of carboxylic acids is 1. The van der Waals surface area contributed by atoms with Gasteiger partial charge in [-0.3, -0.25) is 24.2 Å². The molecule has 4 unspecified atom stereocenters. The fourth-order valence-electron chi connectivity index (χ4n) is 1.97.